The van der Waals surface area contributed by atoms with E-state index in [0.717, 1.165) is 5.56 Å². The first-order chi connectivity index (χ1) is 11.1. The maximum Gasteiger partial charge on any atom is 0.251 e. The van der Waals surface area contributed by atoms with E-state index in [1.54, 1.807) is 36.7 Å². The lowest BCUT2D eigenvalue weighted by Crippen LogP contribution is -2.34. The predicted molar refractivity (Wildman–Crippen MR) is 89.4 cm³/mol. The minimum absolute atomic E-state index is 0.0467. The number of benzene rings is 1. The molecule has 0 bridgehead atoms. The second kappa shape index (κ2) is 8.90. The van der Waals surface area contributed by atoms with Crippen LogP contribution in [0.5, 0.6) is 0 Å². The number of halogens is 1. The van der Waals surface area contributed by atoms with Gasteiger partial charge in [-0.25, -0.2) is 0 Å². The number of nitrogens with zero attached hydrogens (tertiary/aromatic N) is 1. The Hall–Kier alpha value is -2.40. The van der Waals surface area contributed by atoms with Crippen LogP contribution in [0.2, 0.25) is 5.02 Å². The highest BCUT2D eigenvalue weighted by molar-refractivity contribution is 6.30. The summed E-state index contributed by atoms with van der Waals surface area (Å²) in [5, 5.41) is 6.10. The lowest BCUT2D eigenvalue weighted by Gasteiger charge is -2.07. The number of pyridine rings is 1. The molecule has 0 saturated heterocycles. The van der Waals surface area contributed by atoms with Gasteiger partial charge < -0.3 is 10.6 Å². The molecule has 2 N–H and O–H groups in total. The largest absolute Gasteiger partial charge is 0.354 e. The average molecular weight is 332 g/mol. The molecule has 0 atom stereocenters. The zero-order valence-electron chi connectivity index (χ0n) is 12.6. The van der Waals surface area contributed by atoms with Crippen LogP contribution in [0.1, 0.15) is 22.3 Å². The van der Waals surface area contributed by atoms with Crippen LogP contribution in [-0.4, -0.2) is 29.9 Å². The molecule has 1 heterocycles. The van der Waals surface area contributed by atoms with Gasteiger partial charge in [-0.05, 0) is 42.3 Å². The Kier molecular flexibility index (Phi) is 6.56. The third-order valence-corrected chi connectivity index (χ3v) is 3.45. The van der Waals surface area contributed by atoms with Gasteiger partial charge in [0.05, 0.1) is 0 Å². The molecule has 23 heavy (non-hydrogen) atoms. The zero-order chi connectivity index (χ0) is 16.5. The third-order valence-electron chi connectivity index (χ3n) is 3.20. The van der Waals surface area contributed by atoms with Crippen LogP contribution in [0, 0.1) is 0 Å². The number of hydrogen-bond donors (Lipinski definition) is 2. The van der Waals surface area contributed by atoms with Gasteiger partial charge in [-0.3, -0.25) is 14.6 Å². The molecule has 5 nitrogen and oxygen atoms in total. The summed E-state index contributed by atoms with van der Waals surface area (Å²) >= 11 is 5.77. The van der Waals surface area contributed by atoms with Crippen molar-refractivity contribution in [1.82, 2.24) is 15.6 Å². The molecule has 120 valence electrons. The maximum atomic E-state index is 11.8. The molecule has 0 aliphatic heterocycles. The number of carbonyl (C=O) groups is 2. The van der Waals surface area contributed by atoms with Gasteiger partial charge in [-0.2, -0.15) is 0 Å². The van der Waals surface area contributed by atoms with Crippen LogP contribution >= 0.6 is 11.6 Å². The topological polar surface area (TPSA) is 71.1 Å². The smallest absolute Gasteiger partial charge is 0.251 e. The lowest BCUT2D eigenvalue weighted by atomic mass is 10.1. The third kappa shape index (κ3) is 6.08. The first kappa shape index (κ1) is 17.0. The van der Waals surface area contributed by atoms with Crippen LogP contribution < -0.4 is 10.6 Å². The van der Waals surface area contributed by atoms with Crippen molar-refractivity contribution in [2.24, 2.45) is 0 Å². The number of rotatable bonds is 7. The van der Waals surface area contributed by atoms with E-state index in [9.17, 15) is 9.59 Å². The fraction of sp³-hybridized carbons (Fsp3) is 0.235. The molecule has 0 aliphatic rings. The van der Waals surface area contributed by atoms with Crippen LogP contribution in [-0.2, 0) is 11.2 Å². The van der Waals surface area contributed by atoms with E-state index in [1.165, 1.54) is 0 Å². The highest BCUT2D eigenvalue weighted by Crippen LogP contribution is 2.09. The summed E-state index contributed by atoms with van der Waals surface area (Å²) in [5.74, 6) is -0.235. The van der Waals surface area contributed by atoms with Crippen molar-refractivity contribution in [3.05, 3.63) is 64.9 Å². The van der Waals surface area contributed by atoms with Gasteiger partial charge in [0.15, 0.2) is 0 Å². The SMILES string of the molecule is O=C(CCc1cccnc1)NCCNC(=O)c1ccc(Cl)cc1. The van der Waals surface area contributed by atoms with Gasteiger partial charge in [0.25, 0.3) is 5.91 Å². The molecule has 0 fully saturated rings. The highest BCUT2D eigenvalue weighted by atomic mass is 35.5. The van der Waals surface area contributed by atoms with Gasteiger partial charge in [0, 0.05) is 42.5 Å². The maximum absolute atomic E-state index is 11.8. The fourth-order valence-corrected chi connectivity index (χ4v) is 2.10. The second-order valence-electron chi connectivity index (χ2n) is 4.97. The minimum atomic E-state index is -0.189. The number of amides is 2. The Balaban J connectivity index is 1.62. The van der Waals surface area contributed by atoms with Gasteiger partial charge in [0.2, 0.25) is 5.91 Å². The van der Waals surface area contributed by atoms with Gasteiger partial charge in [-0.15, -0.1) is 0 Å². The predicted octanol–water partition coefficient (Wildman–Crippen LogP) is 2.21. The van der Waals surface area contributed by atoms with E-state index in [1.807, 2.05) is 12.1 Å². The van der Waals surface area contributed by atoms with Crippen LogP contribution in [0.4, 0.5) is 0 Å². The van der Waals surface area contributed by atoms with Crippen molar-refractivity contribution >= 4 is 23.4 Å². The Labute approximate surface area is 140 Å². The molecule has 2 aromatic rings. The van der Waals surface area contributed by atoms with Gasteiger partial charge in [0.1, 0.15) is 0 Å². The van der Waals surface area contributed by atoms with E-state index in [-0.39, 0.29) is 11.8 Å². The molecule has 0 spiro atoms. The Morgan fingerprint density at radius 3 is 2.48 bits per heavy atom. The van der Waals surface area contributed by atoms with Crippen molar-refractivity contribution in [3.8, 4) is 0 Å². The normalized spacial score (nSPS) is 10.1. The quantitative estimate of drug-likeness (QED) is 0.764. The second-order valence-corrected chi connectivity index (χ2v) is 5.41. The van der Waals surface area contributed by atoms with Crippen LogP contribution in [0.25, 0.3) is 0 Å². The van der Waals surface area contributed by atoms with Crippen molar-refractivity contribution in [1.29, 1.82) is 0 Å². The summed E-state index contributed by atoms with van der Waals surface area (Å²) < 4.78 is 0. The van der Waals surface area contributed by atoms with Gasteiger partial charge in [-0.1, -0.05) is 17.7 Å². The molecule has 0 radical (unpaired) electrons. The van der Waals surface area contributed by atoms with Crippen molar-refractivity contribution in [3.63, 3.8) is 0 Å². The highest BCUT2D eigenvalue weighted by Gasteiger charge is 2.05. The molecule has 0 unspecified atom stereocenters. The van der Waals surface area contributed by atoms with E-state index in [4.69, 9.17) is 11.6 Å². The molecular weight excluding hydrogens is 314 g/mol. The molecule has 1 aromatic carbocycles. The van der Waals surface area contributed by atoms with E-state index in [2.05, 4.69) is 15.6 Å². The van der Waals surface area contributed by atoms with E-state index < -0.39 is 0 Å². The monoisotopic (exact) mass is 331 g/mol. The molecule has 0 saturated carbocycles. The molecule has 1 aromatic heterocycles. The molecule has 2 rings (SSSR count). The summed E-state index contributed by atoms with van der Waals surface area (Å²) in [6.45, 7) is 0.769. The van der Waals surface area contributed by atoms with Crippen molar-refractivity contribution in [2.75, 3.05) is 13.1 Å². The van der Waals surface area contributed by atoms with Crippen LogP contribution in [0.3, 0.4) is 0 Å². The molecular formula is C17H18ClN3O2. The number of carbonyl (C=O) groups excluding carboxylic acids is 2. The molecule has 6 heteroatoms. The van der Waals surface area contributed by atoms with Crippen LogP contribution in [0.15, 0.2) is 48.8 Å². The number of aromatic nitrogens is 1. The average Bonchev–Trinajstić information content (AvgIpc) is 2.58. The zero-order valence-corrected chi connectivity index (χ0v) is 13.3. The summed E-state index contributed by atoms with van der Waals surface area (Å²) in [7, 11) is 0. The summed E-state index contributed by atoms with van der Waals surface area (Å²) in [4.78, 5) is 27.6. The summed E-state index contributed by atoms with van der Waals surface area (Å²) in [6, 6.07) is 10.4. The molecule has 2 amide bonds. The number of aryl methyl sites for hydroxylation is 1. The lowest BCUT2D eigenvalue weighted by molar-refractivity contribution is -0.121. The Morgan fingerprint density at radius 2 is 1.78 bits per heavy atom. The number of nitrogens with one attached hydrogen (secondary N) is 2. The fourth-order valence-electron chi connectivity index (χ4n) is 1.97. The number of hydrogen-bond acceptors (Lipinski definition) is 3. The first-order valence-electron chi connectivity index (χ1n) is 7.34. The Morgan fingerprint density at radius 1 is 1.04 bits per heavy atom. The standard InChI is InChI=1S/C17H18ClN3O2/c18-15-6-4-14(5-7-15)17(23)21-11-10-20-16(22)8-3-13-2-1-9-19-12-13/h1-2,4-7,9,12H,3,8,10-11H2,(H,20,22)(H,21,23). The molecule has 0 aliphatic carbocycles. The first-order valence-corrected chi connectivity index (χ1v) is 7.72. The van der Waals surface area contributed by atoms with Gasteiger partial charge >= 0.3 is 0 Å². The van der Waals surface area contributed by atoms with Crippen molar-refractivity contribution in [2.45, 2.75) is 12.8 Å². The summed E-state index contributed by atoms with van der Waals surface area (Å²) in [6.07, 6.45) is 4.50. The van der Waals surface area contributed by atoms with E-state index in [0.29, 0.717) is 36.5 Å². The Bertz CT molecular complexity index is 645. The van der Waals surface area contributed by atoms with Crippen molar-refractivity contribution < 1.29 is 9.59 Å². The minimum Gasteiger partial charge on any atom is -0.354 e. The summed E-state index contributed by atoms with van der Waals surface area (Å²) in [5.41, 5.74) is 1.57. The van der Waals surface area contributed by atoms with E-state index >= 15 is 0 Å².